The number of nitrogens with zero attached hydrogens (tertiary/aromatic N) is 3. The van der Waals surface area contributed by atoms with Gasteiger partial charge in [0, 0.05) is 38.5 Å². The molecule has 57 heavy (non-hydrogen) atoms. The SMILES string of the molecule is c1ccc(-c2nc(-c3ccccc3)c3oc4ccc(-n5c6ccccc6c6ccc7c(c65)-c5ccccc5C75c6ccccc6-c6ccccc65)cc4c3n2)cc1. The Bertz CT molecular complexity index is 3420. The highest BCUT2D eigenvalue weighted by Gasteiger charge is 2.52. The summed E-state index contributed by atoms with van der Waals surface area (Å²) >= 11 is 0. The molecule has 1 spiro atoms. The predicted octanol–water partition coefficient (Wildman–Crippen LogP) is 13.2. The molecule has 3 aromatic heterocycles. The number of hydrogen-bond acceptors (Lipinski definition) is 3. The number of benzene rings is 8. The van der Waals surface area contributed by atoms with Gasteiger partial charge >= 0.3 is 0 Å². The summed E-state index contributed by atoms with van der Waals surface area (Å²) in [5.41, 5.74) is 18.5. The van der Waals surface area contributed by atoms with Crippen molar-refractivity contribution in [3.63, 3.8) is 0 Å². The molecule has 4 heteroatoms. The molecule has 11 aromatic rings. The zero-order valence-electron chi connectivity index (χ0n) is 30.6. The molecule has 0 unspecified atom stereocenters. The van der Waals surface area contributed by atoms with Gasteiger partial charge in [-0.15, -0.1) is 0 Å². The molecule has 8 aromatic carbocycles. The zero-order chi connectivity index (χ0) is 37.2. The van der Waals surface area contributed by atoms with Crippen molar-refractivity contribution in [2.75, 3.05) is 0 Å². The number of para-hydroxylation sites is 1. The fraction of sp³-hybridized carbons (Fsp3) is 0.0189. The van der Waals surface area contributed by atoms with E-state index in [1.165, 1.54) is 60.8 Å². The van der Waals surface area contributed by atoms with Crippen LogP contribution < -0.4 is 0 Å². The minimum absolute atomic E-state index is 0.433. The van der Waals surface area contributed by atoms with Crippen molar-refractivity contribution < 1.29 is 4.42 Å². The van der Waals surface area contributed by atoms with Gasteiger partial charge in [0.15, 0.2) is 11.4 Å². The lowest BCUT2D eigenvalue weighted by molar-refractivity contribution is 0.667. The number of furan rings is 1. The van der Waals surface area contributed by atoms with Crippen molar-refractivity contribution in [3.8, 4) is 50.6 Å². The summed E-state index contributed by atoms with van der Waals surface area (Å²) in [5.74, 6) is 0.670. The van der Waals surface area contributed by atoms with Crippen molar-refractivity contribution >= 4 is 43.9 Å². The molecule has 0 saturated heterocycles. The Morgan fingerprint density at radius 1 is 0.456 bits per heavy atom. The molecular weight excluding hydrogens is 695 g/mol. The maximum atomic E-state index is 6.69. The summed E-state index contributed by atoms with van der Waals surface area (Å²) in [6, 6.07) is 67.7. The van der Waals surface area contributed by atoms with E-state index in [9.17, 15) is 0 Å². The molecule has 0 atom stereocenters. The molecular formula is C53H31N3O. The highest BCUT2D eigenvalue weighted by Crippen LogP contribution is 2.64. The smallest absolute Gasteiger partial charge is 0.180 e. The molecule has 0 aliphatic heterocycles. The Kier molecular flexibility index (Phi) is 6.07. The van der Waals surface area contributed by atoms with E-state index < -0.39 is 5.41 Å². The zero-order valence-corrected chi connectivity index (χ0v) is 30.6. The predicted molar refractivity (Wildman–Crippen MR) is 231 cm³/mol. The van der Waals surface area contributed by atoms with Crippen LogP contribution in [-0.2, 0) is 5.41 Å². The fourth-order valence-electron chi connectivity index (χ4n) is 10.2. The highest BCUT2D eigenvalue weighted by molar-refractivity contribution is 6.17. The van der Waals surface area contributed by atoms with Crippen LogP contribution in [0.5, 0.6) is 0 Å². The summed E-state index contributed by atoms with van der Waals surface area (Å²) in [6.07, 6.45) is 0. The molecule has 13 rings (SSSR count). The van der Waals surface area contributed by atoms with Gasteiger partial charge in [0.1, 0.15) is 16.8 Å². The first-order chi connectivity index (χ1) is 28.3. The van der Waals surface area contributed by atoms with E-state index in [1.807, 2.05) is 36.4 Å². The molecule has 0 fully saturated rings. The number of rotatable bonds is 3. The number of fused-ring (bicyclic) bond motifs is 17. The van der Waals surface area contributed by atoms with Gasteiger partial charge in [0.25, 0.3) is 0 Å². The van der Waals surface area contributed by atoms with E-state index in [4.69, 9.17) is 14.4 Å². The topological polar surface area (TPSA) is 43.9 Å². The first-order valence-electron chi connectivity index (χ1n) is 19.5. The Labute approximate surface area is 328 Å². The largest absolute Gasteiger partial charge is 0.452 e. The van der Waals surface area contributed by atoms with E-state index in [2.05, 4.69) is 156 Å². The van der Waals surface area contributed by atoms with Crippen LogP contribution in [0.3, 0.4) is 0 Å². The second kappa shape index (κ2) is 11.2. The van der Waals surface area contributed by atoms with Gasteiger partial charge in [-0.1, -0.05) is 164 Å². The molecule has 264 valence electrons. The Morgan fingerprint density at radius 2 is 1.07 bits per heavy atom. The third-order valence-electron chi connectivity index (χ3n) is 12.4. The quantitative estimate of drug-likeness (QED) is 0.182. The summed E-state index contributed by atoms with van der Waals surface area (Å²) in [6.45, 7) is 0. The average molecular weight is 726 g/mol. The fourth-order valence-corrected chi connectivity index (χ4v) is 10.2. The maximum Gasteiger partial charge on any atom is 0.180 e. The van der Waals surface area contributed by atoms with Gasteiger partial charge in [-0.25, -0.2) is 9.97 Å². The number of hydrogen-bond donors (Lipinski definition) is 0. The molecule has 4 nitrogen and oxygen atoms in total. The van der Waals surface area contributed by atoms with Gasteiger partial charge in [0.2, 0.25) is 0 Å². The minimum atomic E-state index is -0.433. The van der Waals surface area contributed by atoms with Crippen molar-refractivity contribution in [1.29, 1.82) is 0 Å². The normalized spacial score (nSPS) is 13.4. The lowest BCUT2D eigenvalue weighted by atomic mass is 9.70. The maximum absolute atomic E-state index is 6.69. The summed E-state index contributed by atoms with van der Waals surface area (Å²) in [4.78, 5) is 10.3. The van der Waals surface area contributed by atoms with Crippen LogP contribution in [0.25, 0.3) is 94.5 Å². The first kappa shape index (κ1) is 30.7. The van der Waals surface area contributed by atoms with Gasteiger partial charge in [0.05, 0.1) is 16.4 Å². The standard InChI is InChI=1S/C53H31N3O/c1-3-15-32(16-4-1)48-51-49(55-52(54-48)33-17-5-2-6-18-33)40-31-34(27-30-46(40)57-51)56-45-26-14-10-21-37(45)38-28-29-44-47(50(38)56)39-22-9-13-25-43(39)53(44)41-23-11-7-19-35(41)36-20-8-12-24-42(36)53/h1-31H. The van der Waals surface area contributed by atoms with Crippen LogP contribution in [0.15, 0.2) is 192 Å². The second-order valence-electron chi connectivity index (χ2n) is 15.2. The molecule has 0 N–H and O–H groups in total. The summed E-state index contributed by atoms with van der Waals surface area (Å²) in [5, 5.41) is 3.40. The van der Waals surface area contributed by atoms with Crippen LogP contribution in [-0.4, -0.2) is 14.5 Å². The Morgan fingerprint density at radius 3 is 1.81 bits per heavy atom. The molecule has 3 heterocycles. The number of aromatic nitrogens is 3. The van der Waals surface area contributed by atoms with E-state index in [0.29, 0.717) is 11.4 Å². The molecule has 2 aliphatic carbocycles. The van der Waals surface area contributed by atoms with Gasteiger partial charge in [-0.05, 0) is 63.2 Å². The molecule has 0 saturated carbocycles. The van der Waals surface area contributed by atoms with Gasteiger partial charge < -0.3 is 8.98 Å². The van der Waals surface area contributed by atoms with E-state index in [-0.39, 0.29) is 0 Å². The van der Waals surface area contributed by atoms with Crippen LogP contribution in [0.1, 0.15) is 22.3 Å². The molecule has 0 radical (unpaired) electrons. The van der Waals surface area contributed by atoms with Crippen LogP contribution in [0, 0.1) is 0 Å². The highest BCUT2D eigenvalue weighted by atomic mass is 16.3. The monoisotopic (exact) mass is 725 g/mol. The lowest BCUT2D eigenvalue weighted by Gasteiger charge is -2.30. The molecule has 2 aliphatic rings. The summed E-state index contributed by atoms with van der Waals surface area (Å²) in [7, 11) is 0. The third-order valence-corrected chi connectivity index (χ3v) is 12.4. The van der Waals surface area contributed by atoms with Crippen LogP contribution in [0.2, 0.25) is 0 Å². The van der Waals surface area contributed by atoms with Crippen molar-refractivity contribution in [2.45, 2.75) is 5.41 Å². The van der Waals surface area contributed by atoms with E-state index in [0.717, 1.165) is 44.5 Å². The minimum Gasteiger partial charge on any atom is -0.452 e. The lowest BCUT2D eigenvalue weighted by Crippen LogP contribution is -2.25. The van der Waals surface area contributed by atoms with Gasteiger partial charge in [-0.3, -0.25) is 0 Å². The first-order valence-corrected chi connectivity index (χ1v) is 19.5. The average Bonchev–Trinajstić information content (AvgIpc) is 4.00. The van der Waals surface area contributed by atoms with Gasteiger partial charge in [-0.2, -0.15) is 0 Å². The molecule has 0 bridgehead atoms. The Balaban J connectivity index is 1.14. The Hall–Kier alpha value is -7.56. The third kappa shape index (κ3) is 3.96. The van der Waals surface area contributed by atoms with Crippen molar-refractivity contribution in [1.82, 2.24) is 14.5 Å². The molecule has 0 amide bonds. The van der Waals surface area contributed by atoms with Crippen molar-refractivity contribution in [2.24, 2.45) is 0 Å². The van der Waals surface area contributed by atoms with Crippen molar-refractivity contribution in [3.05, 3.63) is 210 Å². The van der Waals surface area contributed by atoms with Crippen LogP contribution >= 0.6 is 0 Å². The second-order valence-corrected chi connectivity index (χ2v) is 15.2. The summed E-state index contributed by atoms with van der Waals surface area (Å²) < 4.78 is 9.17. The van der Waals surface area contributed by atoms with E-state index >= 15 is 0 Å². The van der Waals surface area contributed by atoms with Crippen LogP contribution in [0.4, 0.5) is 0 Å². The van der Waals surface area contributed by atoms with E-state index in [1.54, 1.807) is 0 Å².